The first-order valence-electron chi connectivity index (χ1n) is 6.37. The average Bonchev–Trinajstić information content (AvgIpc) is 2.34. The molecule has 0 bridgehead atoms. The summed E-state index contributed by atoms with van der Waals surface area (Å²) in [5.74, 6) is 6.41. The molecule has 18 heavy (non-hydrogen) atoms. The quantitative estimate of drug-likeness (QED) is 0.331. The highest BCUT2D eigenvalue weighted by Crippen LogP contribution is 1.90. The molecule has 0 rings (SSSR count). The molecule has 98 valence electrons. The lowest BCUT2D eigenvalue weighted by Crippen LogP contribution is -2.25. The summed E-state index contributed by atoms with van der Waals surface area (Å²) in [5.41, 5.74) is 0. The number of rotatable bonds is 6. The number of allylic oxidation sites excluding steroid dienone is 5. The average molecular weight is 245 g/mol. The molecule has 0 aromatic carbocycles. The zero-order valence-corrected chi connectivity index (χ0v) is 11.6. The maximum absolute atomic E-state index is 11.3. The number of amides is 1. The fraction of sp³-hybridized carbons (Fsp3) is 0.438. The van der Waals surface area contributed by atoms with Crippen LogP contribution >= 0.6 is 0 Å². The van der Waals surface area contributed by atoms with Crippen LogP contribution in [0.5, 0.6) is 0 Å². The van der Waals surface area contributed by atoms with Gasteiger partial charge >= 0.3 is 0 Å². The Morgan fingerprint density at radius 1 is 1.33 bits per heavy atom. The van der Waals surface area contributed by atoms with Gasteiger partial charge in [0.25, 0.3) is 0 Å². The second-order valence-corrected chi connectivity index (χ2v) is 4.29. The second kappa shape index (κ2) is 11.7. The first-order chi connectivity index (χ1) is 8.66. The van der Waals surface area contributed by atoms with E-state index < -0.39 is 0 Å². The van der Waals surface area contributed by atoms with Crippen LogP contribution in [0.1, 0.15) is 33.6 Å². The molecule has 0 aromatic rings. The zero-order valence-electron chi connectivity index (χ0n) is 11.6. The monoisotopic (exact) mass is 245 g/mol. The number of carbonyl (C=O) groups excluding carboxylic acids is 1. The van der Waals surface area contributed by atoms with Crippen LogP contribution in [0.2, 0.25) is 0 Å². The van der Waals surface area contributed by atoms with Gasteiger partial charge in [-0.2, -0.15) is 0 Å². The fourth-order valence-corrected chi connectivity index (χ4v) is 1.06. The van der Waals surface area contributed by atoms with Gasteiger partial charge in [0.2, 0.25) is 5.91 Å². The van der Waals surface area contributed by atoms with Gasteiger partial charge in [-0.1, -0.05) is 50.0 Å². The Kier molecular flexibility index (Phi) is 10.6. The Hall–Kier alpha value is -1.75. The molecule has 0 saturated carbocycles. The van der Waals surface area contributed by atoms with Crippen molar-refractivity contribution in [2.75, 3.05) is 6.54 Å². The highest BCUT2D eigenvalue weighted by atomic mass is 16.1. The number of unbranched alkanes of at least 4 members (excludes halogenated alkanes) is 1. The summed E-state index contributed by atoms with van der Waals surface area (Å²) in [7, 11) is 0. The lowest BCUT2D eigenvalue weighted by molar-refractivity contribution is -0.116. The standard InChI is InChI=1S/C16H23NO/c1-4-5-6-7-8-9-10-11-12-13-16(18)17-14-15(2)3/h4-7,12-13,15H,10-11,14H2,1-3H3,(H,17,18)/b5-4+,7-6+,13-12+. The van der Waals surface area contributed by atoms with Crippen molar-refractivity contribution in [1.82, 2.24) is 5.32 Å². The Labute approximate surface area is 111 Å². The van der Waals surface area contributed by atoms with Crippen LogP contribution < -0.4 is 5.32 Å². The molecular weight excluding hydrogens is 222 g/mol. The second-order valence-electron chi connectivity index (χ2n) is 4.29. The molecule has 0 fully saturated rings. The van der Waals surface area contributed by atoms with E-state index in [1.807, 2.05) is 37.3 Å². The van der Waals surface area contributed by atoms with Crippen molar-refractivity contribution in [3.05, 3.63) is 36.5 Å². The topological polar surface area (TPSA) is 29.1 Å². The lowest BCUT2D eigenvalue weighted by Gasteiger charge is -2.03. The van der Waals surface area contributed by atoms with Crippen LogP contribution in [0.3, 0.4) is 0 Å². The lowest BCUT2D eigenvalue weighted by atomic mass is 10.2. The smallest absolute Gasteiger partial charge is 0.243 e. The SMILES string of the molecule is C/C=C/C=C/C#CCC/C=C/C(=O)NCC(C)C. The van der Waals surface area contributed by atoms with Gasteiger partial charge < -0.3 is 5.32 Å². The minimum Gasteiger partial charge on any atom is -0.352 e. The van der Waals surface area contributed by atoms with E-state index in [1.165, 1.54) is 0 Å². The summed E-state index contributed by atoms with van der Waals surface area (Å²) < 4.78 is 0. The van der Waals surface area contributed by atoms with Crippen LogP contribution in [0.15, 0.2) is 36.5 Å². The summed E-state index contributed by atoms with van der Waals surface area (Å²) in [6.45, 7) is 6.83. The van der Waals surface area contributed by atoms with Crippen molar-refractivity contribution in [2.24, 2.45) is 5.92 Å². The van der Waals surface area contributed by atoms with Gasteiger partial charge in [-0.25, -0.2) is 0 Å². The molecule has 2 heteroatoms. The third-order valence-electron chi connectivity index (χ3n) is 1.97. The van der Waals surface area contributed by atoms with E-state index in [0.717, 1.165) is 19.4 Å². The Bertz CT molecular complexity index is 364. The van der Waals surface area contributed by atoms with Crippen molar-refractivity contribution in [3.8, 4) is 11.8 Å². The fourth-order valence-electron chi connectivity index (χ4n) is 1.06. The van der Waals surface area contributed by atoms with E-state index in [9.17, 15) is 4.79 Å². The van der Waals surface area contributed by atoms with Crippen molar-refractivity contribution in [2.45, 2.75) is 33.6 Å². The van der Waals surface area contributed by atoms with Crippen molar-refractivity contribution in [3.63, 3.8) is 0 Å². The predicted octanol–water partition coefficient (Wildman–Crippen LogP) is 3.23. The number of carbonyl (C=O) groups is 1. The summed E-state index contributed by atoms with van der Waals surface area (Å²) in [6, 6.07) is 0. The molecule has 0 aliphatic heterocycles. The molecule has 0 saturated heterocycles. The summed E-state index contributed by atoms with van der Waals surface area (Å²) in [4.78, 5) is 11.3. The molecule has 0 aliphatic carbocycles. The molecular formula is C16H23NO. The van der Waals surface area contributed by atoms with Gasteiger partial charge in [0, 0.05) is 13.0 Å². The minimum atomic E-state index is -0.0235. The Morgan fingerprint density at radius 2 is 2.11 bits per heavy atom. The highest BCUT2D eigenvalue weighted by molar-refractivity contribution is 5.87. The summed E-state index contributed by atoms with van der Waals surface area (Å²) in [5, 5.41) is 2.83. The normalized spacial score (nSPS) is 11.3. The number of hydrogen-bond donors (Lipinski definition) is 1. The first-order valence-corrected chi connectivity index (χ1v) is 6.37. The number of nitrogens with one attached hydrogen (secondary N) is 1. The molecule has 0 heterocycles. The van der Waals surface area contributed by atoms with Gasteiger partial charge in [-0.3, -0.25) is 4.79 Å². The molecule has 2 nitrogen and oxygen atoms in total. The molecule has 0 unspecified atom stereocenters. The molecule has 1 amide bonds. The van der Waals surface area contributed by atoms with E-state index >= 15 is 0 Å². The van der Waals surface area contributed by atoms with Crippen LogP contribution in [0.4, 0.5) is 0 Å². The van der Waals surface area contributed by atoms with Crippen molar-refractivity contribution < 1.29 is 4.79 Å². The van der Waals surface area contributed by atoms with Crippen LogP contribution in [-0.2, 0) is 4.79 Å². The molecule has 0 aliphatic rings. The van der Waals surface area contributed by atoms with Gasteiger partial charge in [0.05, 0.1) is 0 Å². The maximum Gasteiger partial charge on any atom is 0.243 e. The van der Waals surface area contributed by atoms with E-state index in [1.54, 1.807) is 6.08 Å². The predicted molar refractivity (Wildman–Crippen MR) is 78.0 cm³/mol. The summed E-state index contributed by atoms with van der Waals surface area (Å²) >= 11 is 0. The third kappa shape index (κ3) is 12.3. The van der Waals surface area contributed by atoms with E-state index in [2.05, 4.69) is 31.0 Å². The van der Waals surface area contributed by atoms with Crippen molar-refractivity contribution >= 4 is 5.91 Å². The zero-order chi connectivity index (χ0) is 13.6. The molecule has 0 aromatic heterocycles. The molecule has 1 N–H and O–H groups in total. The van der Waals surface area contributed by atoms with Crippen LogP contribution in [-0.4, -0.2) is 12.5 Å². The first kappa shape index (κ1) is 16.2. The van der Waals surface area contributed by atoms with Gasteiger partial charge in [-0.05, 0) is 31.4 Å². The molecule has 0 atom stereocenters. The summed E-state index contributed by atoms with van der Waals surface area (Å²) in [6.07, 6.45) is 12.6. The van der Waals surface area contributed by atoms with E-state index in [0.29, 0.717) is 5.92 Å². The van der Waals surface area contributed by atoms with E-state index in [-0.39, 0.29) is 5.91 Å². The van der Waals surface area contributed by atoms with E-state index in [4.69, 9.17) is 0 Å². The van der Waals surface area contributed by atoms with Gasteiger partial charge in [-0.15, -0.1) is 0 Å². The minimum absolute atomic E-state index is 0.0235. The maximum atomic E-state index is 11.3. The largest absolute Gasteiger partial charge is 0.352 e. The Balaban J connectivity index is 3.67. The van der Waals surface area contributed by atoms with Crippen molar-refractivity contribution in [1.29, 1.82) is 0 Å². The molecule has 0 spiro atoms. The van der Waals surface area contributed by atoms with Crippen LogP contribution in [0, 0.1) is 17.8 Å². The van der Waals surface area contributed by atoms with Gasteiger partial charge in [0.15, 0.2) is 0 Å². The third-order valence-corrected chi connectivity index (χ3v) is 1.97. The number of hydrogen-bond acceptors (Lipinski definition) is 1. The Morgan fingerprint density at radius 3 is 2.78 bits per heavy atom. The molecule has 0 radical (unpaired) electrons. The van der Waals surface area contributed by atoms with Gasteiger partial charge in [0.1, 0.15) is 0 Å². The van der Waals surface area contributed by atoms with Crippen LogP contribution in [0.25, 0.3) is 0 Å². The highest BCUT2D eigenvalue weighted by Gasteiger charge is 1.96.